The highest BCUT2D eigenvalue weighted by atomic mass is 35.5. The molecule has 1 aliphatic rings. The van der Waals surface area contributed by atoms with Crippen LogP contribution in [0.3, 0.4) is 0 Å². The van der Waals surface area contributed by atoms with Gasteiger partial charge in [-0.2, -0.15) is 0 Å². The molecule has 3 rings (SSSR count). The summed E-state index contributed by atoms with van der Waals surface area (Å²) in [5.74, 6) is 0.720. The van der Waals surface area contributed by atoms with Crippen molar-refractivity contribution in [3.8, 4) is 0 Å². The molecule has 1 saturated heterocycles. The predicted octanol–water partition coefficient (Wildman–Crippen LogP) is 5.81. The third-order valence-electron chi connectivity index (χ3n) is 5.13. The van der Waals surface area contributed by atoms with E-state index in [9.17, 15) is 4.79 Å². The molecule has 0 bridgehead atoms. The normalized spacial score (nSPS) is 14.4. The molecule has 1 fully saturated rings. The summed E-state index contributed by atoms with van der Waals surface area (Å²) in [7, 11) is 2.13. The maximum atomic E-state index is 12.7. The van der Waals surface area contributed by atoms with Gasteiger partial charge in [0.15, 0.2) is 0 Å². The first-order valence-corrected chi connectivity index (χ1v) is 11.3. The largest absolute Gasteiger partial charge is 0.369 e. The maximum absolute atomic E-state index is 12.7. The zero-order valence-corrected chi connectivity index (χ0v) is 20.1. The van der Waals surface area contributed by atoms with E-state index in [4.69, 9.17) is 28.6 Å². The van der Waals surface area contributed by atoms with Gasteiger partial charge in [-0.25, -0.2) is 4.98 Å². The Morgan fingerprint density at radius 2 is 1.81 bits per heavy atom. The zero-order valence-electron chi connectivity index (χ0n) is 18.6. The van der Waals surface area contributed by atoms with Crippen LogP contribution in [0.15, 0.2) is 30.5 Å². The van der Waals surface area contributed by atoms with E-state index in [0.29, 0.717) is 28.0 Å². The van der Waals surface area contributed by atoms with Crippen molar-refractivity contribution in [2.75, 3.05) is 37.3 Å². The van der Waals surface area contributed by atoms with Crippen molar-refractivity contribution in [3.63, 3.8) is 0 Å². The Balaban J connectivity index is 0.00000166. The van der Waals surface area contributed by atoms with E-state index in [-0.39, 0.29) is 22.2 Å². The highest BCUT2D eigenvalue weighted by molar-refractivity contribution is 6.38. The van der Waals surface area contributed by atoms with Crippen molar-refractivity contribution in [1.29, 1.82) is 5.41 Å². The highest BCUT2D eigenvalue weighted by Crippen LogP contribution is 2.28. The number of anilines is 2. The highest BCUT2D eigenvalue weighted by Gasteiger charge is 2.21. The molecule has 31 heavy (non-hydrogen) atoms. The molecule has 0 saturated carbocycles. The van der Waals surface area contributed by atoms with E-state index in [1.807, 2.05) is 13.8 Å². The second kappa shape index (κ2) is 12.0. The van der Waals surface area contributed by atoms with Crippen LogP contribution in [0.25, 0.3) is 0 Å². The lowest BCUT2D eigenvalue weighted by Crippen LogP contribution is -2.33. The van der Waals surface area contributed by atoms with Crippen molar-refractivity contribution < 1.29 is 4.79 Å². The zero-order chi connectivity index (χ0) is 23.0. The monoisotopic (exact) mass is 463 g/mol. The molecule has 0 aliphatic carbocycles. The Morgan fingerprint density at radius 1 is 1.19 bits per heavy atom. The summed E-state index contributed by atoms with van der Waals surface area (Å²) >= 11 is 12.4. The fraction of sp³-hybridized carbons (Fsp3) is 0.435. The third-order valence-corrected chi connectivity index (χ3v) is 5.78. The Morgan fingerprint density at radius 3 is 2.39 bits per heavy atom. The molecule has 0 unspecified atom stereocenters. The molecule has 6 nitrogen and oxygen atoms in total. The van der Waals surface area contributed by atoms with Crippen molar-refractivity contribution in [2.45, 2.75) is 33.6 Å². The second-order valence-corrected chi connectivity index (χ2v) is 8.24. The van der Waals surface area contributed by atoms with E-state index in [0.717, 1.165) is 32.5 Å². The number of hydrogen-bond acceptors (Lipinski definition) is 5. The summed E-state index contributed by atoms with van der Waals surface area (Å²) in [4.78, 5) is 19.4. The van der Waals surface area contributed by atoms with Crippen molar-refractivity contribution in [1.82, 2.24) is 9.88 Å². The van der Waals surface area contributed by atoms with E-state index < -0.39 is 0 Å². The van der Waals surface area contributed by atoms with Crippen LogP contribution >= 0.6 is 23.2 Å². The minimum atomic E-state index is -0.380. The molecule has 8 heteroatoms. The number of likely N-dealkylation sites (tertiary alicyclic amines) is 1. The number of benzene rings is 1. The van der Waals surface area contributed by atoms with Crippen LogP contribution in [-0.4, -0.2) is 48.2 Å². The van der Waals surface area contributed by atoms with Crippen molar-refractivity contribution in [2.24, 2.45) is 5.92 Å². The number of carbonyl (C=O) groups is 1. The van der Waals surface area contributed by atoms with Crippen LogP contribution in [0, 0.1) is 11.3 Å². The first-order valence-electron chi connectivity index (χ1n) is 10.6. The Hall–Kier alpha value is -2.15. The molecule has 168 valence electrons. The van der Waals surface area contributed by atoms with E-state index in [1.54, 1.807) is 31.2 Å². The molecule has 1 aliphatic heterocycles. The third kappa shape index (κ3) is 6.92. The summed E-state index contributed by atoms with van der Waals surface area (Å²) in [6.45, 7) is 8.58. The number of piperidine rings is 1. The lowest BCUT2D eigenvalue weighted by Gasteiger charge is -2.29. The smallest absolute Gasteiger partial charge is 0.258 e. The van der Waals surface area contributed by atoms with Gasteiger partial charge in [0, 0.05) is 29.2 Å². The lowest BCUT2D eigenvalue weighted by molar-refractivity contribution is 0.102. The first kappa shape index (κ1) is 25.1. The van der Waals surface area contributed by atoms with Gasteiger partial charge in [0.1, 0.15) is 5.82 Å². The number of aromatic nitrogens is 1. The fourth-order valence-corrected chi connectivity index (χ4v) is 3.85. The molecule has 2 aromatic rings. The van der Waals surface area contributed by atoms with Crippen LogP contribution in [0.5, 0.6) is 0 Å². The standard InChI is InChI=1S/C21H25Cl2N5O.C2H6/c1-13(24)18-19(23)17(21(29)27-16-5-3-15(22)4-6-16)12-26-20(18)25-11-14-7-9-28(2)10-8-14;1-2/h3-6,12,14,24H,7-11H2,1-2H3,(H,25,26)(H,27,29);1-2H3. The van der Waals surface area contributed by atoms with Crippen molar-refractivity contribution >= 4 is 46.3 Å². The van der Waals surface area contributed by atoms with Crippen molar-refractivity contribution in [3.05, 3.63) is 51.6 Å². The summed E-state index contributed by atoms with van der Waals surface area (Å²) in [6, 6.07) is 6.81. The molecule has 2 heterocycles. The Kier molecular flexibility index (Phi) is 9.75. The van der Waals surface area contributed by atoms with E-state index >= 15 is 0 Å². The number of nitrogens with zero attached hydrogens (tertiary/aromatic N) is 2. The quantitative estimate of drug-likeness (QED) is 0.472. The van der Waals surface area contributed by atoms with Gasteiger partial charge in [0.2, 0.25) is 0 Å². The summed E-state index contributed by atoms with van der Waals surface area (Å²) in [5.41, 5.74) is 1.55. The van der Waals surface area contributed by atoms with Gasteiger partial charge in [-0.3, -0.25) is 4.79 Å². The lowest BCUT2D eigenvalue weighted by atomic mass is 9.97. The average Bonchev–Trinajstić information content (AvgIpc) is 2.76. The maximum Gasteiger partial charge on any atom is 0.258 e. The second-order valence-electron chi connectivity index (χ2n) is 7.42. The number of rotatable bonds is 6. The molecule has 1 aromatic carbocycles. The predicted molar refractivity (Wildman–Crippen MR) is 131 cm³/mol. The van der Waals surface area contributed by atoms with Crippen LogP contribution in [0.1, 0.15) is 49.5 Å². The van der Waals surface area contributed by atoms with E-state index in [1.165, 1.54) is 6.20 Å². The minimum Gasteiger partial charge on any atom is -0.369 e. The number of pyridine rings is 1. The van der Waals surface area contributed by atoms with Gasteiger partial charge in [-0.1, -0.05) is 37.0 Å². The molecule has 0 spiro atoms. The topological polar surface area (TPSA) is 81.1 Å². The number of halogens is 2. The molecule has 1 amide bonds. The molecular weight excluding hydrogens is 433 g/mol. The molecule has 1 aromatic heterocycles. The molecule has 0 radical (unpaired) electrons. The minimum absolute atomic E-state index is 0.227. The first-order chi connectivity index (χ1) is 14.8. The molecule has 3 N–H and O–H groups in total. The summed E-state index contributed by atoms with van der Waals surface area (Å²) in [6.07, 6.45) is 3.70. The van der Waals surface area contributed by atoms with Gasteiger partial charge in [-0.15, -0.1) is 0 Å². The van der Waals surface area contributed by atoms with Gasteiger partial charge in [0.05, 0.1) is 16.1 Å². The van der Waals surface area contributed by atoms with Gasteiger partial charge in [-0.05, 0) is 70.1 Å². The van der Waals surface area contributed by atoms with Gasteiger partial charge in [0.25, 0.3) is 5.91 Å². The average molecular weight is 464 g/mol. The Bertz CT molecular complexity index is 894. The van der Waals surface area contributed by atoms with E-state index in [2.05, 4.69) is 27.6 Å². The number of amides is 1. The van der Waals surface area contributed by atoms with Gasteiger partial charge < -0.3 is 20.9 Å². The number of carbonyl (C=O) groups excluding carboxylic acids is 1. The van der Waals surface area contributed by atoms with Crippen LogP contribution in [0.2, 0.25) is 10.0 Å². The Labute approximate surface area is 194 Å². The molecular formula is C23H31Cl2N5O. The summed E-state index contributed by atoms with van der Waals surface area (Å²) in [5, 5.41) is 15.1. The SMILES string of the molecule is CC.CC(=N)c1c(NCC2CCN(C)CC2)ncc(C(=O)Nc2ccc(Cl)cc2)c1Cl. The van der Waals surface area contributed by atoms with Gasteiger partial charge >= 0.3 is 0 Å². The van der Waals surface area contributed by atoms with Crippen LogP contribution < -0.4 is 10.6 Å². The molecule has 0 atom stereocenters. The fourth-order valence-electron chi connectivity index (χ4n) is 3.36. The summed E-state index contributed by atoms with van der Waals surface area (Å²) < 4.78 is 0. The number of nitrogens with one attached hydrogen (secondary N) is 3. The number of hydrogen-bond donors (Lipinski definition) is 3. The van der Waals surface area contributed by atoms with Crippen LogP contribution in [0.4, 0.5) is 11.5 Å². The van der Waals surface area contributed by atoms with Crippen LogP contribution in [-0.2, 0) is 0 Å².